The van der Waals surface area contributed by atoms with Crippen LogP contribution in [0.25, 0.3) is 0 Å². The van der Waals surface area contributed by atoms with Crippen molar-refractivity contribution >= 4 is 28.2 Å². The molecule has 1 aliphatic rings. The summed E-state index contributed by atoms with van der Waals surface area (Å²) < 4.78 is 16.7. The van der Waals surface area contributed by atoms with Gasteiger partial charge in [-0.25, -0.2) is 4.79 Å². The summed E-state index contributed by atoms with van der Waals surface area (Å²) in [5.41, 5.74) is 2.78. The van der Waals surface area contributed by atoms with Gasteiger partial charge in [0.2, 0.25) is 5.91 Å². The molecule has 1 N–H and O–H groups in total. The topological polar surface area (TPSA) is 73.9 Å². The SMILES string of the molecule is CCCCOc1ccc(CCC(=O)Nc2sc3c(c2C(=O)OC)CCC(C(C)(C)C)C3)cc1OCC. The van der Waals surface area contributed by atoms with Crippen molar-refractivity contribution in [1.82, 2.24) is 0 Å². The molecule has 1 aliphatic carbocycles. The van der Waals surface area contributed by atoms with Gasteiger partial charge >= 0.3 is 5.97 Å². The van der Waals surface area contributed by atoms with Gasteiger partial charge in [0.25, 0.3) is 0 Å². The average molecular weight is 516 g/mol. The number of benzene rings is 1. The quantitative estimate of drug-likeness (QED) is 0.262. The normalized spacial score (nSPS) is 15.2. The van der Waals surface area contributed by atoms with Crippen molar-refractivity contribution in [3.05, 3.63) is 39.8 Å². The van der Waals surface area contributed by atoms with Crippen LogP contribution in [0.4, 0.5) is 5.00 Å². The lowest BCUT2D eigenvalue weighted by Crippen LogP contribution is -2.26. The Morgan fingerprint density at radius 2 is 1.92 bits per heavy atom. The van der Waals surface area contributed by atoms with Crippen LogP contribution in [-0.2, 0) is 28.8 Å². The molecule has 0 saturated carbocycles. The summed E-state index contributed by atoms with van der Waals surface area (Å²) in [4.78, 5) is 26.8. The van der Waals surface area contributed by atoms with E-state index >= 15 is 0 Å². The maximum Gasteiger partial charge on any atom is 0.341 e. The van der Waals surface area contributed by atoms with Gasteiger partial charge in [-0.2, -0.15) is 0 Å². The molecule has 36 heavy (non-hydrogen) atoms. The van der Waals surface area contributed by atoms with E-state index in [1.807, 2.05) is 25.1 Å². The van der Waals surface area contributed by atoms with Crippen molar-refractivity contribution in [3.8, 4) is 11.5 Å². The highest BCUT2D eigenvalue weighted by atomic mass is 32.1. The van der Waals surface area contributed by atoms with E-state index in [-0.39, 0.29) is 17.3 Å². The number of ether oxygens (including phenoxy) is 3. The maximum atomic E-state index is 12.9. The predicted molar refractivity (Wildman–Crippen MR) is 146 cm³/mol. The van der Waals surface area contributed by atoms with E-state index in [2.05, 4.69) is 33.0 Å². The van der Waals surface area contributed by atoms with Gasteiger partial charge in [-0.15, -0.1) is 11.3 Å². The molecule has 0 bridgehead atoms. The largest absolute Gasteiger partial charge is 0.490 e. The van der Waals surface area contributed by atoms with Crippen molar-refractivity contribution in [3.63, 3.8) is 0 Å². The first kappa shape index (κ1) is 28.0. The smallest absolute Gasteiger partial charge is 0.341 e. The monoisotopic (exact) mass is 515 g/mol. The molecule has 0 aliphatic heterocycles. The van der Waals surface area contributed by atoms with Crippen LogP contribution in [-0.4, -0.2) is 32.2 Å². The third-order valence-corrected chi connectivity index (χ3v) is 8.01. The summed E-state index contributed by atoms with van der Waals surface area (Å²) >= 11 is 1.53. The minimum absolute atomic E-state index is 0.118. The number of aryl methyl sites for hydroxylation is 1. The lowest BCUT2D eigenvalue weighted by molar-refractivity contribution is -0.116. The van der Waals surface area contributed by atoms with Crippen LogP contribution >= 0.6 is 11.3 Å². The Kier molecular flexibility index (Phi) is 9.83. The number of carbonyl (C=O) groups is 2. The van der Waals surface area contributed by atoms with Gasteiger partial charge < -0.3 is 19.5 Å². The summed E-state index contributed by atoms with van der Waals surface area (Å²) in [5.74, 6) is 1.49. The number of fused-ring (bicyclic) bond motifs is 1. The number of methoxy groups -OCH3 is 1. The summed E-state index contributed by atoms with van der Waals surface area (Å²) in [6.45, 7) is 12.1. The summed E-state index contributed by atoms with van der Waals surface area (Å²) in [7, 11) is 1.39. The average Bonchev–Trinajstić information content (AvgIpc) is 3.20. The maximum absolute atomic E-state index is 12.9. The standard InChI is InChI=1S/C29H41NO5S/c1-7-9-16-35-22-14-10-19(17-23(22)34-8-2)11-15-25(31)30-27-26(28(32)33-6)21-13-12-20(29(3,4)5)18-24(21)36-27/h10,14,17,20H,7-9,11-13,15-16,18H2,1-6H3,(H,30,31). The Bertz CT molecular complexity index is 1050. The van der Waals surface area contributed by atoms with Gasteiger partial charge in [0, 0.05) is 11.3 Å². The molecule has 1 unspecified atom stereocenters. The van der Waals surface area contributed by atoms with Crippen LogP contribution in [0.5, 0.6) is 11.5 Å². The van der Waals surface area contributed by atoms with Crippen LogP contribution in [0.2, 0.25) is 0 Å². The Balaban J connectivity index is 1.70. The molecule has 2 aromatic rings. The molecule has 1 amide bonds. The number of amides is 1. The summed E-state index contributed by atoms with van der Waals surface area (Å²) in [5, 5.41) is 3.63. The molecular weight excluding hydrogens is 474 g/mol. The number of anilines is 1. The third kappa shape index (κ3) is 7.02. The molecule has 7 heteroatoms. The van der Waals surface area contributed by atoms with Crippen LogP contribution < -0.4 is 14.8 Å². The van der Waals surface area contributed by atoms with Gasteiger partial charge in [0.15, 0.2) is 11.5 Å². The minimum atomic E-state index is -0.378. The summed E-state index contributed by atoms with van der Waals surface area (Å²) in [6.07, 6.45) is 5.72. The van der Waals surface area contributed by atoms with E-state index < -0.39 is 0 Å². The molecule has 198 valence electrons. The zero-order valence-electron chi connectivity index (χ0n) is 22.6. The number of hydrogen-bond donors (Lipinski definition) is 1. The second-order valence-corrected chi connectivity index (χ2v) is 11.6. The fourth-order valence-corrected chi connectivity index (χ4v) is 5.93. The van der Waals surface area contributed by atoms with E-state index in [0.717, 1.165) is 49.0 Å². The molecule has 3 rings (SSSR count). The number of esters is 1. The second-order valence-electron chi connectivity index (χ2n) is 10.5. The molecule has 0 fully saturated rings. The number of thiophene rings is 1. The van der Waals surface area contributed by atoms with Crippen LogP contribution in [0, 0.1) is 11.3 Å². The van der Waals surface area contributed by atoms with E-state index in [4.69, 9.17) is 14.2 Å². The molecule has 0 radical (unpaired) electrons. The van der Waals surface area contributed by atoms with Crippen LogP contribution in [0.1, 0.15) is 86.7 Å². The van der Waals surface area contributed by atoms with Crippen LogP contribution in [0.3, 0.4) is 0 Å². The van der Waals surface area contributed by atoms with Crippen molar-refractivity contribution in [1.29, 1.82) is 0 Å². The van der Waals surface area contributed by atoms with Gasteiger partial charge in [-0.3, -0.25) is 4.79 Å². The van der Waals surface area contributed by atoms with E-state index in [1.54, 1.807) is 0 Å². The minimum Gasteiger partial charge on any atom is -0.490 e. The summed E-state index contributed by atoms with van der Waals surface area (Å²) in [6, 6.07) is 5.85. The lowest BCUT2D eigenvalue weighted by Gasteiger charge is -2.33. The van der Waals surface area contributed by atoms with E-state index in [9.17, 15) is 9.59 Å². The van der Waals surface area contributed by atoms with Gasteiger partial charge in [0.1, 0.15) is 5.00 Å². The molecule has 1 aromatic carbocycles. The van der Waals surface area contributed by atoms with E-state index in [0.29, 0.717) is 48.3 Å². The van der Waals surface area contributed by atoms with Gasteiger partial charge in [0.05, 0.1) is 25.9 Å². The Morgan fingerprint density at radius 3 is 2.58 bits per heavy atom. The van der Waals surface area contributed by atoms with Crippen molar-refractivity contribution in [2.45, 2.75) is 79.6 Å². The highest BCUT2D eigenvalue weighted by molar-refractivity contribution is 7.17. The molecule has 0 spiro atoms. The molecule has 1 heterocycles. The Hall–Kier alpha value is -2.54. The van der Waals surface area contributed by atoms with Gasteiger partial charge in [-0.05, 0) is 73.6 Å². The van der Waals surface area contributed by atoms with Crippen molar-refractivity contribution < 1.29 is 23.8 Å². The number of carbonyl (C=O) groups excluding carboxylic acids is 2. The van der Waals surface area contributed by atoms with Crippen molar-refractivity contribution in [2.24, 2.45) is 11.3 Å². The highest BCUT2D eigenvalue weighted by Gasteiger charge is 2.34. The molecule has 0 saturated heterocycles. The number of rotatable bonds is 11. The fraction of sp³-hybridized carbons (Fsp3) is 0.586. The first-order valence-electron chi connectivity index (χ1n) is 13.1. The zero-order valence-corrected chi connectivity index (χ0v) is 23.4. The van der Waals surface area contributed by atoms with Crippen LogP contribution in [0.15, 0.2) is 18.2 Å². The lowest BCUT2D eigenvalue weighted by atomic mass is 9.72. The highest BCUT2D eigenvalue weighted by Crippen LogP contribution is 2.44. The van der Waals surface area contributed by atoms with Crippen molar-refractivity contribution in [2.75, 3.05) is 25.6 Å². The second kappa shape index (κ2) is 12.6. The third-order valence-electron chi connectivity index (χ3n) is 6.84. The molecular formula is C29H41NO5S. The van der Waals surface area contributed by atoms with Gasteiger partial charge in [-0.1, -0.05) is 40.2 Å². The number of hydrogen-bond acceptors (Lipinski definition) is 6. The number of nitrogens with one attached hydrogen (secondary N) is 1. The molecule has 1 atom stereocenters. The predicted octanol–water partition coefficient (Wildman–Crippen LogP) is 6.83. The fourth-order valence-electron chi connectivity index (χ4n) is 4.60. The molecule has 6 nitrogen and oxygen atoms in total. The first-order valence-corrected chi connectivity index (χ1v) is 13.9. The Morgan fingerprint density at radius 1 is 1.14 bits per heavy atom. The first-order chi connectivity index (χ1) is 17.2. The number of unbranched alkanes of at least 4 members (excludes halogenated alkanes) is 1. The molecule has 1 aromatic heterocycles. The van der Waals surface area contributed by atoms with E-state index in [1.165, 1.54) is 23.3 Å². The zero-order chi connectivity index (χ0) is 26.3. The Labute approximate surface area is 219 Å².